The minimum atomic E-state index is -0.970. The van der Waals surface area contributed by atoms with Gasteiger partial charge in [0.05, 0.1) is 6.04 Å². The summed E-state index contributed by atoms with van der Waals surface area (Å²) in [6.45, 7) is 0. The van der Waals surface area contributed by atoms with Crippen LogP contribution in [0.2, 0.25) is 5.15 Å². The average Bonchev–Trinajstić information content (AvgIpc) is 2.69. The van der Waals surface area contributed by atoms with Crippen molar-refractivity contribution in [2.24, 2.45) is 0 Å². The number of hydrogen-bond acceptors (Lipinski definition) is 2. The molecule has 1 unspecified atom stereocenters. The molecule has 0 spiro atoms. The second-order valence-electron chi connectivity index (χ2n) is 5.53. The van der Waals surface area contributed by atoms with Crippen LogP contribution in [0.1, 0.15) is 36.4 Å². The number of carboxylic acid groups (broad SMARTS) is 1. The quantitative estimate of drug-likeness (QED) is 0.636. The molecule has 1 amide bonds. The van der Waals surface area contributed by atoms with Crippen molar-refractivity contribution in [3.63, 3.8) is 0 Å². The third kappa shape index (κ3) is 3.22. The van der Waals surface area contributed by atoms with E-state index in [1.807, 2.05) is 24.3 Å². The van der Waals surface area contributed by atoms with E-state index in [4.69, 9.17) is 16.7 Å². The summed E-state index contributed by atoms with van der Waals surface area (Å²) in [5, 5.41) is 12.1. The zero-order valence-corrected chi connectivity index (χ0v) is 12.8. The maximum absolute atomic E-state index is 11.0. The van der Waals surface area contributed by atoms with Crippen molar-refractivity contribution in [1.29, 1.82) is 0 Å². The minimum Gasteiger partial charge on any atom is -0.465 e. The van der Waals surface area contributed by atoms with Gasteiger partial charge in [0, 0.05) is 6.20 Å². The van der Waals surface area contributed by atoms with Gasteiger partial charge in [-0.3, -0.25) is 0 Å². The van der Waals surface area contributed by atoms with Crippen molar-refractivity contribution in [1.82, 2.24) is 10.3 Å². The normalized spacial score (nSPS) is 17.4. The molecular weight excluding hydrogens is 300 g/mol. The monoisotopic (exact) mass is 316 g/mol. The van der Waals surface area contributed by atoms with Crippen molar-refractivity contribution < 1.29 is 9.90 Å². The summed E-state index contributed by atoms with van der Waals surface area (Å²) < 4.78 is 0. The first-order valence-corrected chi connectivity index (χ1v) is 7.75. The first kappa shape index (κ1) is 14.9. The molecule has 1 aliphatic carbocycles. The largest absolute Gasteiger partial charge is 0.465 e. The smallest absolute Gasteiger partial charge is 0.405 e. The van der Waals surface area contributed by atoms with E-state index in [1.54, 1.807) is 6.20 Å². The molecule has 2 N–H and O–H groups in total. The Morgan fingerprint density at radius 1 is 1.23 bits per heavy atom. The number of pyridine rings is 1. The van der Waals surface area contributed by atoms with Crippen LogP contribution in [0.3, 0.4) is 0 Å². The van der Waals surface area contributed by atoms with Gasteiger partial charge >= 0.3 is 6.09 Å². The van der Waals surface area contributed by atoms with Crippen molar-refractivity contribution in [2.45, 2.75) is 31.7 Å². The molecule has 1 aromatic heterocycles. The highest BCUT2D eigenvalue weighted by atomic mass is 35.5. The summed E-state index contributed by atoms with van der Waals surface area (Å²) in [4.78, 5) is 15.0. The van der Waals surface area contributed by atoms with Crippen LogP contribution in [-0.4, -0.2) is 16.2 Å². The van der Waals surface area contributed by atoms with Gasteiger partial charge in [0.2, 0.25) is 0 Å². The Bertz CT molecular complexity index is 703. The van der Waals surface area contributed by atoms with Crippen molar-refractivity contribution in [3.8, 4) is 11.1 Å². The predicted molar refractivity (Wildman–Crippen MR) is 86.1 cm³/mol. The molecule has 1 heterocycles. The molecule has 1 atom stereocenters. The molecular formula is C17H17ClN2O2. The molecule has 0 bridgehead atoms. The Kier molecular flexibility index (Phi) is 4.29. The van der Waals surface area contributed by atoms with E-state index in [9.17, 15) is 4.79 Å². The predicted octanol–water partition coefficient (Wildman–Crippen LogP) is 4.44. The van der Waals surface area contributed by atoms with Gasteiger partial charge < -0.3 is 10.4 Å². The number of halogens is 1. The summed E-state index contributed by atoms with van der Waals surface area (Å²) in [7, 11) is 0. The molecule has 0 aliphatic heterocycles. The van der Waals surface area contributed by atoms with E-state index >= 15 is 0 Å². The minimum absolute atomic E-state index is 0.120. The van der Waals surface area contributed by atoms with Crippen LogP contribution in [-0.2, 0) is 6.42 Å². The third-order valence-electron chi connectivity index (χ3n) is 4.06. The fraction of sp³-hybridized carbons (Fsp3) is 0.294. The number of rotatable bonds is 2. The SMILES string of the molecule is O=C(O)NC1CCCCc2cc(-c3ccnc(Cl)c3)ccc21. The second kappa shape index (κ2) is 6.36. The fourth-order valence-corrected chi connectivity index (χ4v) is 3.22. The Labute approximate surface area is 134 Å². The van der Waals surface area contributed by atoms with Gasteiger partial charge in [0.15, 0.2) is 0 Å². The number of nitrogens with one attached hydrogen (secondary N) is 1. The van der Waals surface area contributed by atoms with Gasteiger partial charge in [-0.25, -0.2) is 9.78 Å². The number of aryl methyl sites for hydroxylation is 1. The van der Waals surface area contributed by atoms with Gasteiger partial charge in [-0.05, 0) is 53.6 Å². The van der Waals surface area contributed by atoms with Crippen LogP contribution in [0.4, 0.5) is 4.79 Å². The highest BCUT2D eigenvalue weighted by Gasteiger charge is 2.20. The van der Waals surface area contributed by atoms with Crippen LogP contribution in [0.5, 0.6) is 0 Å². The first-order valence-electron chi connectivity index (χ1n) is 7.38. The Morgan fingerprint density at radius 3 is 2.82 bits per heavy atom. The number of amides is 1. The molecule has 0 fully saturated rings. The Balaban J connectivity index is 1.98. The van der Waals surface area contributed by atoms with Crippen LogP contribution >= 0.6 is 11.6 Å². The van der Waals surface area contributed by atoms with E-state index in [0.717, 1.165) is 42.4 Å². The average molecular weight is 317 g/mol. The van der Waals surface area contributed by atoms with Gasteiger partial charge in [-0.1, -0.05) is 36.2 Å². The molecule has 1 aliphatic rings. The van der Waals surface area contributed by atoms with Gasteiger partial charge in [0.25, 0.3) is 0 Å². The number of nitrogens with zero attached hydrogens (tertiary/aromatic N) is 1. The number of hydrogen-bond donors (Lipinski definition) is 2. The number of benzene rings is 1. The zero-order valence-electron chi connectivity index (χ0n) is 12.1. The number of aromatic nitrogens is 1. The Hall–Kier alpha value is -2.07. The lowest BCUT2D eigenvalue weighted by Crippen LogP contribution is -2.26. The van der Waals surface area contributed by atoms with Crippen LogP contribution in [0.15, 0.2) is 36.5 Å². The molecule has 0 saturated heterocycles. The summed E-state index contributed by atoms with van der Waals surface area (Å²) in [6, 6.07) is 9.84. The number of carbonyl (C=O) groups is 1. The van der Waals surface area contributed by atoms with Crippen molar-refractivity contribution >= 4 is 17.7 Å². The van der Waals surface area contributed by atoms with Crippen LogP contribution in [0, 0.1) is 0 Å². The van der Waals surface area contributed by atoms with Gasteiger partial charge in [0.1, 0.15) is 5.15 Å². The second-order valence-corrected chi connectivity index (χ2v) is 5.92. The summed E-state index contributed by atoms with van der Waals surface area (Å²) in [5.74, 6) is 0. The molecule has 3 rings (SSSR count). The summed E-state index contributed by atoms with van der Waals surface area (Å²) in [6.07, 6.45) is 4.64. The topological polar surface area (TPSA) is 62.2 Å². The van der Waals surface area contributed by atoms with E-state index in [2.05, 4.69) is 16.4 Å². The molecule has 0 saturated carbocycles. The maximum atomic E-state index is 11.0. The highest BCUT2D eigenvalue weighted by molar-refractivity contribution is 6.29. The zero-order chi connectivity index (χ0) is 15.5. The standard InChI is InChI=1S/C17H17ClN2O2/c18-16-10-12(7-8-19-16)11-5-6-14-13(9-11)3-1-2-4-15(14)20-17(21)22/h5-10,15,20H,1-4H2,(H,21,22). The van der Waals surface area contributed by atoms with Gasteiger partial charge in [-0.2, -0.15) is 0 Å². The van der Waals surface area contributed by atoms with Crippen molar-refractivity contribution in [2.75, 3.05) is 0 Å². The lowest BCUT2D eigenvalue weighted by Gasteiger charge is -2.18. The van der Waals surface area contributed by atoms with Crippen LogP contribution < -0.4 is 5.32 Å². The summed E-state index contributed by atoms with van der Waals surface area (Å²) in [5.41, 5.74) is 4.40. The molecule has 4 nitrogen and oxygen atoms in total. The van der Waals surface area contributed by atoms with E-state index < -0.39 is 6.09 Å². The molecule has 5 heteroatoms. The molecule has 22 heavy (non-hydrogen) atoms. The van der Waals surface area contributed by atoms with E-state index in [1.165, 1.54) is 5.56 Å². The molecule has 2 aromatic rings. The van der Waals surface area contributed by atoms with Crippen LogP contribution in [0.25, 0.3) is 11.1 Å². The van der Waals surface area contributed by atoms with Crippen molar-refractivity contribution in [3.05, 3.63) is 52.8 Å². The third-order valence-corrected chi connectivity index (χ3v) is 4.27. The van der Waals surface area contributed by atoms with E-state index in [0.29, 0.717) is 5.15 Å². The molecule has 1 aromatic carbocycles. The fourth-order valence-electron chi connectivity index (χ4n) is 3.04. The Morgan fingerprint density at radius 2 is 2.05 bits per heavy atom. The lowest BCUT2D eigenvalue weighted by atomic mass is 9.94. The maximum Gasteiger partial charge on any atom is 0.405 e. The molecule has 114 valence electrons. The lowest BCUT2D eigenvalue weighted by molar-refractivity contribution is 0.189. The first-order chi connectivity index (χ1) is 10.6. The van der Waals surface area contributed by atoms with E-state index in [-0.39, 0.29) is 6.04 Å². The molecule has 0 radical (unpaired) electrons. The highest BCUT2D eigenvalue weighted by Crippen LogP contribution is 2.32. The number of fused-ring (bicyclic) bond motifs is 1. The summed E-state index contributed by atoms with van der Waals surface area (Å²) >= 11 is 5.96. The van der Waals surface area contributed by atoms with Gasteiger partial charge in [-0.15, -0.1) is 0 Å².